The molecule has 2 aromatic heterocycles. The second-order valence-corrected chi connectivity index (χ2v) is 7.81. The highest BCUT2D eigenvalue weighted by molar-refractivity contribution is 6.13. The minimum Gasteiger partial charge on any atom is -0.397 e. The minimum absolute atomic E-state index is 0.193. The molecule has 8 nitrogen and oxygen atoms in total. The Morgan fingerprint density at radius 2 is 2.27 bits per heavy atom. The maximum Gasteiger partial charge on any atom is 0.129 e. The van der Waals surface area contributed by atoms with E-state index in [-0.39, 0.29) is 11.6 Å². The van der Waals surface area contributed by atoms with Crippen LogP contribution in [0.4, 0.5) is 11.5 Å². The molecule has 5 N–H and O–H groups in total. The van der Waals surface area contributed by atoms with Gasteiger partial charge in [0.25, 0.3) is 0 Å². The zero-order valence-electron chi connectivity index (χ0n) is 17.5. The number of anilines is 2. The maximum atomic E-state index is 10.4. The van der Waals surface area contributed by atoms with Crippen molar-refractivity contribution in [2.75, 3.05) is 30.3 Å². The number of pyridine rings is 2. The molecule has 1 saturated heterocycles. The van der Waals surface area contributed by atoms with E-state index in [2.05, 4.69) is 15.0 Å². The summed E-state index contributed by atoms with van der Waals surface area (Å²) in [6.45, 7) is 5.72. The fraction of sp³-hybridized carbons (Fsp3) is 0.409. The fourth-order valence-electron chi connectivity index (χ4n) is 3.60. The van der Waals surface area contributed by atoms with Gasteiger partial charge in [-0.1, -0.05) is 6.07 Å². The van der Waals surface area contributed by atoms with Gasteiger partial charge in [-0.15, -0.1) is 0 Å². The van der Waals surface area contributed by atoms with E-state index in [1.807, 2.05) is 30.9 Å². The molecular weight excluding hydrogens is 378 g/mol. The van der Waals surface area contributed by atoms with Gasteiger partial charge in [-0.3, -0.25) is 15.4 Å². The number of hydrogen-bond acceptors (Lipinski definition) is 8. The summed E-state index contributed by atoms with van der Waals surface area (Å²) in [5.41, 5.74) is 7.58. The van der Waals surface area contributed by atoms with Gasteiger partial charge >= 0.3 is 0 Å². The molecule has 0 radical (unpaired) electrons. The third-order valence-electron chi connectivity index (χ3n) is 5.18. The Bertz CT molecular complexity index is 954. The molecule has 0 spiro atoms. The largest absolute Gasteiger partial charge is 0.397 e. The molecule has 0 bridgehead atoms. The third kappa shape index (κ3) is 4.88. The number of β-amino-alcohol motifs (C(OH)–C–C–N with tert-alkyl or cyclic N) is 1. The molecule has 2 aromatic rings. The zero-order chi connectivity index (χ0) is 21.7. The van der Waals surface area contributed by atoms with Crippen LogP contribution in [0, 0.1) is 10.8 Å². The normalized spacial score (nSPS) is 20.3. The van der Waals surface area contributed by atoms with E-state index in [9.17, 15) is 5.11 Å². The third-order valence-corrected chi connectivity index (χ3v) is 5.18. The van der Waals surface area contributed by atoms with Crippen LogP contribution < -0.4 is 10.6 Å². The Morgan fingerprint density at radius 1 is 1.47 bits per heavy atom. The lowest BCUT2D eigenvalue weighted by atomic mass is 9.95. The lowest BCUT2D eigenvalue weighted by molar-refractivity contribution is 0.0447. The van der Waals surface area contributed by atoms with E-state index >= 15 is 0 Å². The first-order valence-corrected chi connectivity index (χ1v) is 10.1. The summed E-state index contributed by atoms with van der Waals surface area (Å²) in [4.78, 5) is 15.3. The number of aliphatic imine (C=N–C) groups is 1. The summed E-state index contributed by atoms with van der Waals surface area (Å²) in [6, 6.07) is 7.27. The van der Waals surface area contributed by atoms with E-state index in [4.69, 9.17) is 16.6 Å². The number of piperidine rings is 1. The predicted octanol–water partition coefficient (Wildman–Crippen LogP) is 2.65. The van der Waals surface area contributed by atoms with Gasteiger partial charge in [-0.25, -0.2) is 4.98 Å². The second kappa shape index (κ2) is 9.13. The molecule has 8 heteroatoms. The fourth-order valence-corrected chi connectivity index (χ4v) is 3.60. The summed E-state index contributed by atoms with van der Waals surface area (Å²) >= 11 is 0. The maximum absolute atomic E-state index is 10.4. The molecule has 1 aliphatic heterocycles. The first-order valence-electron chi connectivity index (χ1n) is 10.1. The highest BCUT2D eigenvalue weighted by atomic mass is 16.3. The summed E-state index contributed by atoms with van der Waals surface area (Å²) in [6.07, 6.45) is 6.12. The van der Waals surface area contributed by atoms with E-state index in [1.165, 1.54) is 12.4 Å². The van der Waals surface area contributed by atoms with Gasteiger partial charge in [-0.05, 0) is 44.9 Å². The molecule has 2 atom stereocenters. The van der Waals surface area contributed by atoms with Gasteiger partial charge in [0.05, 0.1) is 40.5 Å². The van der Waals surface area contributed by atoms with Gasteiger partial charge in [0.2, 0.25) is 0 Å². The van der Waals surface area contributed by atoms with Crippen LogP contribution in [0.1, 0.15) is 49.6 Å². The first-order chi connectivity index (χ1) is 14.3. The molecule has 1 fully saturated rings. The van der Waals surface area contributed by atoms with Crippen molar-refractivity contribution in [3.63, 3.8) is 0 Å². The van der Waals surface area contributed by atoms with Crippen LogP contribution in [0.25, 0.3) is 0 Å². The first kappa shape index (κ1) is 21.6. The summed E-state index contributed by atoms with van der Waals surface area (Å²) in [7, 11) is 0. The van der Waals surface area contributed by atoms with Crippen molar-refractivity contribution < 1.29 is 5.11 Å². The number of aromatic nitrogens is 2. The number of aliphatic hydroxyl groups is 1. The molecule has 158 valence electrons. The molecule has 3 rings (SSSR count). The van der Waals surface area contributed by atoms with Crippen molar-refractivity contribution in [1.29, 1.82) is 10.8 Å². The number of hydrogen-bond donors (Lipinski definition) is 4. The van der Waals surface area contributed by atoms with Gasteiger partial charge in [-0.2, -0.15) is 0 Å². The van der Waals surface area contributed by atoms with Gasteiger partial charge in [0, 0.05) is 37.6 Å². The van der Waals surface area contributed by atoms with E-state index in [0.717, 1.165) is 25.2 Å². The van der Waals surface area contributed by atoms with Crippen LogP contribution >= 0.6 is 0 Å². The molecular formula is C22H29N7O. The highest BCUT2D eigenvalue weighted by Crippen LogP contribution is 2.25. The van der Waals surface area contributed by atoms with Crippen LogP contribution in [-0.2, 0) is 0 Å². The van der Waals surface area contributed by atoms with Crippen molar-refractivity contribution >= 4 is 29.6 Å². The SMILES string of the molecule is CCN=CC(C=N)c1cc(C(=N)c2cccc(N3CCCC(C)(O)C3)n2)c(N)cn1. The zero-order valence-corrected chi connectivity index (χ0v) is 17.5. The number of rotatable bonds is 7. The number of nitrogens with two attached hydrogens (primary N) is 1. The number of nitrogens with one attached hydrogen (secondary N) is 2. The standard InChI is InChI=1S/C22H29N7O/c1-3-26-12-15(11-23)19-10-16(17(24)13-27-19)21(25)18-6-4-7-20(28-18)29-9-5-8-22(2,30)14-29/h4,6-7,10-13,15,23,25,30H,3,5,8-9,14,24H2,1-2H3. The van der Waals surface area contributed by atoms with Crippen LogP contribution in [0.15, 0.2) is 35.5 Å². The minimum atomic E-state index is -0.740. The molecule has 0 saturated carbocycles. The quantitative estimate of drug-likeness (QED) is 0.523. The topological polar surface area (TPSA) is 135 Å². The highest BCUT2D eigenvalue weighted by Gasteiger charge is 2.29. The Kier molecular flexibility index (Phi) is 6.56. The molecule has 0 aromatic carbocycles. The van der Waals surface area contributed by atoms with E-state index < -0.39 is 5.60 Å². The smallest absolute Gasteiger partial charge is 0.129 e. The number of nitrogens with zero attached hydrogens (tertiary/aromatic N) is 4. The van der Waals surface area contributed by atoms with E-state index in [1.54, 1.807) is 18.3 Å². The average Bonchev–Trinajstić information content (AvgIpc) is 2.74. The van der Waals surface area contributed by atoms with Crippen molar-refractivity contribution in [2.45, 2.75) is 38.2 Å². The average molecular weight is 408 g/mol. The Hall–Kier alpha value is -3.13. The van der Waals surface area contributed by atoms with Gasteiger partial charge in [0.15, 0.2) is 0 Å². The lowest BCUT2D eigenvalue weighted by Gasteiger charge is -2.37. The second-order valence-electron chi connectivity index (χ2n) is 7.81. The van der Waals surface area contributed by atoms with Crippen molar-refractivity contribution in [2.24, 2.45) is 4.99 Å². The van der Waals surface area contributed by atoms with E-state index in [0.29, 0.717) is 35.7 Å². The summed E-state index contributed by atoms with van der Waals surface area (Å²) < 4.78 is 0. The van der Waals surface area contributed by atoms with Crippen LogP contribution in [0.5, 0.6) is 0 Å². The molecule has 0 aliphatic carbocycles. The van der Waals surface area contributed by atoms with Crippen LogP contribution in [0.2, 0.25) is 0 Å². The molecule has 1 aliphatic rings. The summed E-state index contributed by atoms with van der Waals surface area (Å²) in [5.74, 6) is 0.365. The lowest BCUT2D eigenvalue weighted by Crippen LogP contribution is -2.46. The monoisotopic (exact) mass is 407 g/mol. The molecule has 0 amide bonds. The number of nitrogen functional groups attached to an aromatic ring is 1. The Labute approximate surface area is 176 Å². The molecule has 2 unspecified atom stereocenters. The van der Waals surface area contributed by atoms with Crippen molar-refractivity contribution in [3.8, 4) is 0 Å². The predicted molar refractivity (Wildman–Crippen MR) is 121 cm³/mol. The molecule has 30 heavy (non-hydrogen) atoms. The van der Waals surface area contributed by atoms with Gasteiger partial charge < -0.3 is 21.1 Å². The van der Waals surface area contributed by atoms with Crippen molar-refractivity contribution in [1.82, 2.24) is 9.97 Å². The Morgan fingerprint density at radius 3 is 2.97 bits per heavy atom. The van der Waals surface area contributed by atoms with Crippen molar-refractivity contribution in [3.05, 3.63) is 47.4 Å². The van der Waals surface area contributed by atoms with Gasteiger partial charge in [0.1, 0.15) is 5.82 Å². The van der Waals surface area contributed by atoms with Crippen LogP contribution in [0.3, 0.4) is 0 Å². The Balaban J connectivity index is 1.90. The molecule has 3 heterocycles. The van der Waals surface area contributed by atoms with Crippen LogP contribution in [-0.4, -0.2) is 58.5 Å². The summed E-state index contributed by atoms with van der Waals surface area (Å²) in [5, 5.41) is 26.8.